The van der Waals surface area contributed by atoms with Gasteiger partial charge in [-0.15, -0.1) is 12.4 Å². The molecule has 1 atom stereocenters. The van der Waals surface area contributed by atoms with Gasteiger partial charge in [-0.2, -0.15) is 0 Å². The number of ether oxygens (including phenoxy) is 1. The van der Waals surface area contributed by atoms with Crippen LogP contribution in [-0.2, 0) is 16.0 Å². The standard InChI is InChI=1S/C20H23N3O3.ClH/c1-3-16-21-17-14-9-5-6-10-15(14)26-18(17)19(22-16)23-11-7-8-13(12-23)20(24)25-4-2;/h5-6,9-10,13H,3-4,7-8,11-12H2,1-2H3;1H. The maximum absolute atomic E-state index is 12.2. The number of carbonyl (C=O) groups excluding carboxylic acids is 1. The number of rotatable bonds is 4. The zero-order chi connectivity index (χ0) is 18.1. The summed E-state index contributed by atoms with van der Waals surface area (Å²) < 4.78 is 11.3. The summed E-state index contributed by atoms with van der Waals surface area (Å²) in [7, 11) is 0. The van der Waals surface area contributed by atoms with Crippen molar-refractivity contribution in [2.45, 2.75) is 33.1 Å². The van der Waals surface area contributed by atoms with E-state index in [2.05, 4.69) is 4.90 Å². The van der Waals surface area contributed by atoms with Gasteiger partial charge in [0, 0.05) is 24.9 Å². The topological polar surface area (TPSA) is 68.5 Å². The van der Waals surface area contributed by atoms with E-state index in [1.54, 1.807) is 0 Å². The van der Waals surface area contributed by atoms with Gasteiger partial charge in [-0.25, -0.2) is 9.97 Å². The second-order valence-corrected chi connectivity index (χ2v) is 6.63. The lowest BCUT2D eigenvalue weighted by Gasteiger charge is -2.32. The Hall–Kier alpha value is -2.34. The average molecular weight is 390 g/mol. The van der Waals surface area contributed by atoms with Crippen LogP contribution in [0.25, 0.3) is 22.1 Å². The van der Waals surface area contributed by atoms with Gasteiger partial charge in [0.05, 0.1) is 12.5 Å². The molecule has 0 radical (unpaired) electrons. The molecule has 2 aromatic heterocycles. The van der Waals surface area contributed by atoms with Crippen molar-refractivity contribution in [3.05, 3.63) is 30.1 Å². The van der Waals surface area contributed by atoms with E-state index < -0.39 is 0 Å². The van der Waals surface area contributed by atoms with E-state index in [0.717, 1.165) is 53.9 Å². The fourth-order valence-electron chi connectivity index (χ4n) is 3.62. The van der Waals surface area contributed by atoms with Gasteiger partial charge in [-0.3, -0.25) is 4.79 Å². The van der Waals surface area contributed by atoms with E-state index in [-0.39, 0.29) is 24.3 Å². The average Bonchev–Trinajstić information content (AvgIpc) is 3.06. The minimum atomic E-state index is -0.122. The van der Waals surface area contributed by atoms with Gasteiger partial charge >= 0.3 is 5.97 Å². The number of furan rings is 1. The van der Waals surface area contributed by atoms with Crippen molar-refractivity contribution < 1.29 is 13.9 Å². The molecule has 1 aromatic carbocycles. The normalized spacial score (nSPS) is 17.1. The molecule has 144 valence electrons. The van der Waals surface area contributed by atoms with E-state index in [1.807, 2.05) is 38.1 Å². The third kappa shape index (κ3) is 3.58. The lowest BCUT2D eigenvalue weighted by atomic mass is 9.98. The SMILES string of the molecule is CCOC(=O)C1CCCN(c2nc(CC)nc3c2oc2ccccc23)C1.Cl. The lowest BCUT2D eigenvalue weighted by Crippen LogP contribution is -2.40. The molecule has 3 heterocycles. The number of para-hydroxylation sites is 1. The second kappa shape index (κ2) is 8.13. The van der Waals surface area contributed by atoms with E-state index >= 15 is 0 Å². The van der Waals surface area contributed by atoms with Crippen molar-refractivity contribution in [3.63, 3.8) is 0 Å². The fraction of sp³-hybridized carbons (Fsp3) is 0.450. The summed E-state index contributed by atoms with van der Waals surface area (Å²) in [5, 5.41) is 1.000. The predicted octanol–water partition coefficient (Wildman–Crippen LogP) is 4.14. The monoisotopic (exact) mass is 389 g/mol. The van der Waals surface area contributed by atoms with Crippen LogP contribution in [0.4, 0.5) is 5.82 Å². The van der Waals surface area contributed by atoms with Crippen molar-refractivity contribution in [2.75, 3.05) is 24.6 Å². The Morgan fingerprint density at radius 1 is 1.30 bits per heavy atom. The van der Waals surface area contributed by atoms with Crippen molar-refractivity contribution >= 4 is 46.3 Å². The number of halogens is 1. The maximum atomic E-state index is 12.2. The molecule has 1 aliphatic heterocycles. The zero-order valence-corrected chi connectivity index (χ0v) is 16.4. The highest BCUT2D eigenvalue weighted by molar-refractivity contribution is 6.05. The van der Waals surface area contributed by atoms with Crippen LogP contribution in [-0.4, -0.2) is 35.6 Å². The summed E-state index contributed by atoms with van der Waals surface area (Å²) in [5.41, 5.74) is 2.36. The first-order valence-corrected chi connectivity index (χ1v) is 9.31. The highest BCUT2D eigenvalue weighted by Crippen LogP contribution is 2.34. The number of nitrogens with zero attached hydrogens (tertiary/aromatic N) is 3. The Bertz CT molecular complexity index is 956. The van der Waals surface area contributed by atoms with Gasteiger partial charge in [-0.05, 0) is 31.9 Å². The number of esters is 1. The van der Waals surface area contributed by atoms with Gasteiger partial charge in [0.1, 0.15) is 16.9 Å². The number of fused-ring (bicyclic) bond motifs is 3. The smallest absolute Gasteiger partial charge is 0.310 e. The van der Waals surface area contributed by atoms with E-state index in [1.165, 1.54) is 0 Å². The fourth-order valence-corrected chi connectivity index (χ4v) is 3.62. The number of anilines is 1. The number of hydrogen-bond acceptors (Lipinski definition) is 6. The van der Waals surface area contributed by atoms with E-state index in [0.29, 0.717) is 18.7 Å². The van der Waals surface area contributed by atoms with Crippen LogP contribution >= 0.6 is 12.4 Å². The summed E-state index contributed by atoms with van der Waals surface area (Å²) in [6.07, 6.45) is 2.53. The molecule has 27 heavy (non-hydrogen) atoms. The molecule has 6 nitrogen and oxygen atoms in total. The third-order valence-corrected chi connectivity index (χ3v) is 4.91. The first-order valence-electron chi connectivity index (χ1n) is 9.31. The zero-order valence-electron chi connectivity index (χ0n) is 15.6. The Labute approximate surface area is 164 Å². The molecule has 1 fully saturated rings. The molecule has 1 unspecified atom stereocenters. The Kier molecular flexibility index (Phi) is 5.85. The van der Waals surface area contributed by atoms with E-state index in [4.69, 9.17) is 19.1 Å². The largest absolute Gasteiger partial charge is 0.466 e. The Morgan fingerprint density at radius 2 is 2.11 bits per heavy atom. The molecule has 1 saturated heterocycles. The predicted molar refractivity (Wildman–Crippen MR) is 108 cm³/mol. The minimum absolute atomic E-state index is 0. The molecular formula is C20H24ClN3O3. The summed E-state index contributed by atoms with van der Waals surface area (Å²) in [6.45, 7) is 5.75. The minimum Gasteiger partial charge on any atom is -0.466 e. The molecule has 0 N–H and O–H groups in total. The molecule has 0 amide bonds. The second-order valence-electron chi connectivity index (χ2n) is 6.63. The number of carbonyl (C=O) groups is 1. The van der Waals surface area contributed by atoms with Gasteiger partial charge in [0.2, 0.25) is 0 Å². The molecule has 7 heteroatoms. The van der Waals surface area contributed by atoms with Crippen molar-refractivity contribution in [3.8, 4) is 0 Å². The summed E-state index contributed by atoms with van der Waals surface area (Å²) >= 11 is 0. The van der Waals surface area contributed by atoms with Crippen molar-refractivity contribution in [1.29, 1.82) is 0 Å². The first kappa shape index (κ1) is 19.4. The van der Waals surface area contributed by atoms with Crippen LogP contribution in [0.15, 0.2) is 28.7 Å². The molecule has 0 spiro atoms. The number of benzene rings is 1. The summed E-state index contributed by atoms with van der Waals surface area (Å²) in [6, 6.07) is 7.91. The molecule has 4 rings (SSSR count). The Morgan fingerprint density at radius 3 is 2.89 bits per heavy atom. The summed E-state index contributed by atoms with van der Waals surface area (Å²) in [4.78, 5) is 23.8. The molecule has 0 bridgehead atoms. The van der Waals surface area contributed by atoms with Gasteiger partial charge in [0.15, 0.2) is 11.4 Å². The van der Waals surface area contributed by atoms with Crippen LogP contribution in [0.2, 0.25) is 0 Å². The van der Waals surface area contributed by atoms with Crippen LogP contribution in [0, 0.1) is 5.92 Å². The van der Waals surface area contributed by atoms with Crippen molar-refractivity contribution in [1.82, 2.24) is 9.97 Å². The maximum Gasteiger partial charge on any atom is 0.310 e. The molecule has 0 aliphatic carbocycles. The highest BCUT2D eigenvalue weighted by atomic mass is 35.5. The van der Waals surface area contributed by atoms with E-state index in [9.17, 15) is 4.79 Å². The Balaban J connectivity index is 0.00000210. The molecule has 3 aromatic rings. The number of aryl methyl sites for hydroxylation is 1. The first-order chi connectivity index (χ1) is 12.7. The van der Waals surface area contributed by atoms with Crippen LogP contribution < -0.4 is 4.90 Å². The van der Waals surface area contributed by atoms with Crippen molar-refractivity contribution in [2.24, 2.45) is 5.92 Å². The van der Waals surface area contributed by atoms with Gasteiger partial charge in [0.25, 0.3) is 0 Å². The molecule has 1 aliphatic rings. The summed E-state index contributed by atoms with van der Waals surface area (Å²) in [5.74, 6) is 1.33. The number of piperidine rings is 1. The number of hydrogen-bond donors (Lipinski definition) is 0. The molecule has 0 saturated carbocycles. The number of aromatic nitrogens is 2. The lowest BCUT2D eigenvalue weighted by molar-refractivity contribution is -0.148. The van der Waals surface area contributed by atoms with Crippen LogP contribution in [0.5, 0.6) is 0 Å². The van der Waals surface area contributed by atoms with Gasteiger partial charge in [-0.1, -0.05) is 19.1 Å². The van der Waals surface area contributed by atoms with Gasteiger partial charge < -0.3 is 14.1 Å². The quantitative estimate of drug-likeness (QED) is 0.624. The third-order valence-electron chi connectivity index (χ3n) is 4.91. The van der Waals surface area contributed by atoms with Crippen LogP contribution in [0.1, 0.15) is 32.5 Å². The van der Waals surface area contributed by atoms with Crippen LogP contribution in [0.3, 0.4) is 0 Å². The molecular weight excluding hydrogens is 366 g/mol. The highest BCUT2D eigenvalue weighted by Gasteiger charge is 2.30.